The van der Waals surface area contributed by atoms with E-state index in [4.69, 9.17) is 0 Å². The Hall–Kier alpha value is -3.41. The van der Waals surface area contributed by atoms with Crippen molar-refractivity contribution >= 4 is 16.8 Å². The van der Waals surface area contributed by atoms with Gasteiger partial charge in [0.15, 0.2) is 0 Å². The van der Waals surface area contributed by atoms with Crippen molar-refractivity contribution in [2.24, 2.45) is 0 Å². The van der Waals surface area contributed by atoms with Crippen molar-refractivity contribution in [3.05, 3.63) is 95.1 Å². The van der Waals surface area contributed by atoms with E-state index in [1.807, 2.05) is 11.9 Å². The summed E-state index contributed by atoms with van der Waals surface area (Å²) in [4.78, 5) is 20.8. The van der Waals surface area contributed by atoms with Gasteiger partial charge in [-0.2, -0.15) is 0 Å². The van der Waals surface area contributed by atoms with Crippen LogP contribution in [0.4, 0.5) is 0 Å². The lowest BCUT2D eigenvalue weighted by molar-refractivity contribution is -0.133. The van der Waals surface area contributed by atoms with Crippen molar-refractivity contribution in [3.8, 4) is 11.3 Å². The predicted molar refractivity (Wildman–Crippen MR) is 174 cm³/mol. The number of carbonyl (C=O) groups is 1. The Kier molecular flexibility index (Phi) is 8.50. The van der Waals surface area contributed by atoms with Crippen molar-refractivity contribution in [1.82, 2.24) is 19.3 Å². The van der Waals surface area contributed by atoms with E-state index < -0.39 is 0 Å². The molecule has 0 saturated carbocycles. The van der Waals surface area contributed by atoms with Crippen LogP contribution in [0.15, 0.2) is 72.8 Å². The van der Waals surface area contributed by atoms with Crippen LogP contribution >= 0.6 is 0 Å². The molecule has 5 heteroatoms. The van der Waals surface area contributed by atoms with Gasteiger partial charge in [-0.15, -0.1) is 0 Å². The third-order valence-corrected chi connectivity index (χ3v) is 9.97. The number of rotatable bonds is 7. The maximum Gasteiger partial charge on any atom is 0.242 e. The minimum Gasteiger partial charge on any atom is -0.341 e. The molecule has 2 saturated heterocycles. The van der Waals surface area contributed by atoms with E-state index in [1.165, 1.54) is 46.2 Å². The molecule has 3 aromatic carbocycles. The maximum atomic E-state index is 13.8. The molecule has 1 amide bonds. The zero-order valence-corrected chi connectivity index (χ0v) is 25.9. The van der Waals surface area contributed by atoms with E-state index in [0.717, 1.165) is 51.1 Å². The van der Waals surface area contributed by atoms with E-state index in [-0.39, 0.29) is 5.91 Å². The van der Waals surface area contributed by atoms with Gasteiger partial charge in [-0.1, -0.05) is 66.7 Å². The van der Waals surface area contributed by atoms with E-state index in [1.54, 1.807) is 5.56 Å². The first-order valence-corrected chi connectivity index (χ1v) is 15.8. The van der Waals surface area contributed by atoms with Crippen molar-refractivity contribution in [2.45, 2.75) is 64.6 Å². The molecule has 2 aliphatic heterocycles. The topological polar surface area (TPSA) is 31.7 Å². The van der Waals surface area contributed by atoms with Crippen LogP contribution in [0, 0.1) is 13.8 Å². The van der Waals surface area contributed by atoms with Gasteiger partial charge in [0, 0.05) is 30.5 Å². The fourth-order valence-corrected chi connectivity index (χ4v) is 7.53. The van der Waals surface area contributed by atoms with Gasteiger partial charge in [-0.25, -0.2) is 0 Å². The number of hydrogen-bond acceptors (Lipinski definition) is 3. The second-order valence-electron chi connectivity index (χ2n) is 12.7. The number of likely N-dealkylation sites (tertiary alicyclic amines) is 2. The van der Waals surface area contributed by atoms with Crippen LogP contribution in [0.2, 0.25) is 0 Å². The van der Waals surface area contributed by atoms with Gasteiger partial charge in [-0.3, -0.25) is 9.69 Å². The lowest BCUT2D eigenvalue weighted by Gasteiger charge is -2.35. The molecule has 1 aromatic heterocycles. The zero-order chi connectivity index (χ0) is 29.2. The molecular weight excluding hydrogens is 516 g/mol. The smallest absolute Gasteiger partial charge is 0.242 e. The quantitative estimate of drug-likeness (QED) is 0.247. The SMILES string of the molecule is Cc1cccc(C)c1C1CCN(Cc2c(-c3ccccc3)n(CC(=O)N(C)C3CCN(C)CC3)c3ccccc23)CC1. The summed E-state index contributed by atoms with van der Waals surface area (Å²) in [5.74, 6) is 0.827. The molecule has 220 valence electrons. The van der Waals surface area contributed by atoms with Crippen LogP contribution in [-0.2, 0) is 17.9 Å². The molecule has 0 radical (unpaired) electrons. The Bertz CT molecular complexity index is 1500. The predicted octanol–water partition coefficient (Wildman–Crippen LogP) is 6.86. The molecule has 42 heavy (non-hydrogen) atoms. The second-order valence-corrected chi connectivity index (χ2v) is 12.7. The number of benzene rings is 3. The summed E-state index contributed by atoms with van der Waals surface area (Å²) >= 11 is 0. The fourth-order valence-electron chi connectivity index (χ4n) is 7.53. The number of nitrogens with zero attached hydrogens (tertiary/aromatic N) is 4. The minimum atomic E-state index is 0.198. The highest BCUT2D eigenvalue weighted by atomic mass is 16.2. The Labute approximate surface area is 251 Å². The fraction of sp³-hybridized carbons (Fsp3) is 0.432. The van der Waals surface area contributed by atoms with Crippen LogP contribution < -0.4 is 0 Å². The van der Waals surface area contributed by atoms with E-state index in [0.29, 0.717) is 18.5 Å². The summed E-state index contributed by atoms with van der Waals surface area (Å²) in [6, 6.07) is 26.4. The summed E-state index contributed by atoms with van der Waals surface area (Å²) < 4.78 is 2.30. The van der Waals surface area contributed by atoms with Crippen LogP contribution in [0.5, 0.6) is 0 Å². The molecule has 0 spiro atoms. The summed E-state index contributed by atoms with van der Waals surface area (Å²) in [5.41, 5.74) is 9.29. The first kappa shape index (κ1) is 28.7. The molecule has 4 aromatic rings. The Morgan fingerprint density at radius 1 is 0.810 bits per heavy atom. The second kappa shape index (κ2) is 12.4. The molecule has 6 rings (SSSR count). The molecule has 5 nitrogen and oxygen atoms in total. The number of amides is 1. The average Bonchev–Trinajstić information content (AvgIpc) is 3.31. The number of piperidine rings is 2. The normalized spacial score (nSPS) is 17.6. The monoisotopic (exact) mass is 562 g/mol. The van der Waals surface area contributed by atoms with Gasteiger partial charge in [0.05, 0.1) is 5.69 Å². The third kappa shape index (κ3) is 5.77. The number of fused-ring (bicyclic) bond motifs is 1. The van der Waals surface area contributed by atoms with Gasteiger partial charge in [0.1, 0.15) is 6.54 Å². The molecule has 3 heterocycles. The number of aromatic nitrogens is 1. The van der Waals surface area contributed by atoms with Gasteiger partial charge in [0.25, 0.3) is 0 Å². The van der Waals surface area contributed by atoms with Crippen molar-refractivity contribution in [2.75, 3.05) is 40.3 Å². The summed E-state index contributed by atoms with van der Waals surface area (Å²) in [6.45, 7) is 10.1. The van der Waals surface area contributed by atoms with Crippen molar-refractivity contribution in [3.63, 3.8) is 0 Å². The van der Waals surface area contributed by atoms with Crippen LogP contribution in [0.1, 0.15) is 53.9 Å². The van der Waals surface area contributed by atoms with E-state index >= 15 is 0 Å². The van der Waals surface area contributed by atoms with Crippen molar-refractivity contribution in [1.29, 1.82) is 0 Å². The number of likely N-dealkylation sites (N-methyl/N-ethyl adjacent to an activating group) is 1. The van der Waals surface area contributed by atoms with Crippen LogP contribution in [-0.4, -0.2) is 71.5 Å². The third-order valence-electron chi connectivity index (χ3n) is 9.97. The van der Waals surface area contributed by atoms with E-state index in [2.05, 4.69) is 108 Å². The number of aryl methyl sites for hydroxylation is 2. The van der Waals surface area contributed by atoms with Crippen LogP contribution in [0.3, 0.4) is 0 Å². The molecule has 0 bridgehead atoms. The molecule has 0 unspecified atom stereocenters. The highest BCUT2D eigenvalue weighted by Crippen LogP contribution is 2.37. The molecule has 0 atom stereocenters. The Morgan fingerprint density at radius 3 is 2.14 bits per heavy atom. The average molecular weight is 563 g/mol. The van der Waals surface area contributed by atoms with Gasteiger partial charge >= 0.3 is 0 Å². The lowest BCUT2D eigenvalue weighted by atomic mass is 9.84. The van der Waals surface area contributed by atoms with Crippen molar-refractivity contribution < 1.29 is 4.79 Å². The standard InChI is InChI=1S/C37H46N4O/c1-27-11-10-12-28(2)36(27)29-17-23-40(24-18-29)25-33-32-15-8-9-16-34(32)41(37(33)30-13-6-5-7-14-30)26-35(42)39(4)31-19-21-38(3)22-20-31/h5-16,29,31H,17-26H2,1-4H3. The van der Waals surface area contributed by atoms with Crippen LogP contribution in [0.25, 0.3) is 22.2 Å². The molecule has 0 aliphatic carbocycles. The van der Waals surface area contributed by atoms with Gasteiger partial charge < -0.3 is 14.4 Å². The van der Waals surface area contributed by atoms with Gasteiger partial charge in [-0.05, 0) is 113 Å². The first-order valence-electron chi connectivity index (χ1n) is 15.8. The van der Waals surface area contributed by atoms with E-state index in [9.17, 15) is 4.79 Å². The number of para-hydroxylation sites is 1. The Balaban J connectivity index is 1.30. The molecule has 2 fully saturated rings. The summed E-state index contributed by atoms with van der Waals surface area (Å²) in [6.07, 6.45) is 4.45. The highest BCUT2D eigenvalue weighted by Gasteiger charge is 2.28. The maximum absolute atomic E-state index is 13.8. The Morgan fingerprint density at radius 2 is 1.45 bits per heavy atom. The molecular formula is C37H46N4O. The van der Waals surface area contributed by atoms with Gasteiger partial charge in [0.2, 0.25) is 5.91 Å². The number of hydrogen-bond donors (Lipinski definition) is 0. The molecule has 2 aliphatic rings. The summed E-state index contributed by atoms with van der Waals surface area (Å²) in [7, 11) is 4.18. The molecule has 0 N–H and O–H groups in total. The lowest BCUT2D eigenvalue weighted by Crippen LogP contribution is -2.45. The zero-order valence-electron chi connectivity index (χ0n) is 25.9. The minimum absolute atomic E-state index is 0.198. The largest absolute Gasteiger partial charge is 0.341 e. The highest BCUT2D eigenvalue weighted by molar-refractivity contribution is 5.93. The summed E-state index contributed by atoms with van der Waals surface area (Å²) in [5, 5.41) is 1.27. The first-order chi connectivity index (χ1) is 20.4. The number of carbonyl (C=O) groups excluding carboxylic acids is 1.